The van der Waals surface area contributed by atoms with E-state index in [1.54, 1.807) is 0 Å². The van der Waals surface area contributed by atoms with E-state index in [-0.39, 0.29) is 0 Å². The van der Waals surface area contributed by atoms with Gasteiger partial charge >= 0.3 is 0 Å². The van der Waals surface area contributed by atoms with Gasteiger partial charge in [0.25, 0.3) is 0 Å². The van der Waals surface area contributed by atoms with Crippen LogP contribution in [0.25, 0.3) is 0 Å². The molecule has 1 aliphatic carbocycles. The van der Waals surface area contributed by atoms with Crippen LogP contribution < -0.4 is 0 Å². The Morgan fingerprint density at radius 3 is 2.60 bits per heavy atom. The van der Waals surface area contributed by atoms with E-state index in [9.17, 15) is 0 Å². The maximum Gasteiger partial charge on any atom is 0.00170 e. The molecule has 1 aliphatic rings. The molecule has 0 radical (unpaired) electrons. The topological polar surface area (TPSA) is 0 Å². The highest BCUT2D eigenvalue weighted by molar-refractivity contribution is 7.80. The van der Waals surface area contributed by atoms with Gasteiger partial charge in [0.05, 0.1) is 0 Å². The molecule has 1 fully saturated rings. The van der Waals surface area contributed by atoms with Crippen molar-refractivity contribution in [1.29, 1.82) is 0 Å². The molecule has 1 rings (SSSR count). The zero-order valence-electron chi connectivity index (χ0n) is 7.06. The van der Waals surface area contributed by atoms with Gasteiger partial charge in [-0.25, -0.2) is 0 Å². The summed E-state index contributed by atoms with van der Waals surface area (Å²) in [5.74, 6) is 0. The zero-order valence-corrected chi connectivity index (χ0v) is 7.95. The van der Waals surface area contributed by atoms with Crippen LogP contribution in [0.4, 0.5) is 0 Å². The Labute approximate surface area is 69.8 Å². The van der Waals surface area contributed by atoms with Crippen LogP contribution in [0.2, 0.25) is 0 Å². The summed E-state index contributed by atoms with van der Waals surface area (Å²) in [6, 6.07) is 0. The maximum atomic E-state index is 4.51. The molecule has 0 saturated heterocycles. The summed E-state index contributed by atoms with van der Waals surface area (Å²) < 4.78 is 0. The third-order valence-corrected chi connectivity index (χ3v) is 3.06. The highest BCUT2D eigenvalue weighted by atomic mass is 32.1. The van der Waals surface area contributed by atoms with Crippen molar-refractivity contribution in [2.24, 2.45) is 5.41 Å². The molecule has 1 heteroatoms. The molecular formula is C9H18S. The first-order chi connectivity index (χ1) is 4.60. The predicted molar refractivity (Wildman–Crippen MR) is 49.6 cm³/mol. The largest absolute Gasteiger partial charge is 0.176 e. The molecule has 0 bridgehead atoms. The first-order valence-electron chi connectivity index (χ1n) is 4.28. The maximum absolute atomic E-state index is 4.51. The summed E-state index contributed by atoms with van der Waals surface area (Å²) in [5, 5.41) is 0.682. The number of hydrogen-bond donors (Lipinski definition) is 1. The first kappa shape index (κ1) is 8.45. The fourth-order valence-corrected chi connectivity index (χ4v) is 1.95. The van der Waals surface area contributed by atoms with Gasteiger partial charge in [-0.05, 0) is 31.1 Å². The Bertz CT molecular complexity index is 107. The molecule has 1 saturated carbocycles. The van der Waals surface area contributed by atoms with E-state index in [0.29, 0.717) is 10.7 Å². The van der Waals surface area contributed by atoms with E-state index in [4.69, 9.17) is 0 Å². The molecule has 0 nitrogen and oxygen atoms in total. The minimum absolute atomic E-state index is 0.595. The molecule has 0 spiro atoms. The Balaban J connectivity index is 2.41. The van der Waals surface area contributed by atoms with Crippen LogP contribution in [0.15, 0.2) is 0 Å². The van der Waals surface area contributed by atoms with Crippen LogP contribution in [0.1, 0.15) is 46.0 Å². The van der Waals surface area contributed by atoms with Crippen LogP contribution in [0.5, 0.6) is 0 Å². The van der Waals surface area contributed by atoms with E-state index >= 15 is 0 Å². The fraction of sp³-hybridized carbons (Fsp3) is 1.00. The Kier molecular flexibility index (Phi) is 2.67. The Morgan fingerprint density at radius 1 is 1.20 bits per heavy atom. The van der Waals surface area contributed by atoms with Gasteiger partial charge in [0.1, 0.15) is 0 Å². The smallest absolute Gasteiger partial charge is 0.00170 e. The molecule has 0 heterocycles. The van der Waals surface area contributed by atoms with E-state index in [0.717, 1.165) is 0 Å². The molecule has 0 aliphatic heterocycles. The van der Waals surface area contributed by atoms with Gasteiger partial charge in [0.2, 0.25) is 0 Å². The molecule has 0 aromatic carbocycles. The van der Waals surface area contributed by atoms with Gasteiger partial charge in [-0.1, -0.05) is 20.3 Å². The fourth-order valence-electron chi connectivity index (χ4n) is 1.64. The van der Waals surface area contributed by atoms with Crippen molar-refractivity contribution in [3.63, 3.8) is 0 Å². The van der Waals surface area contributed by atoms with E-state index in [2.05, 4.69) is 26.5 Å². The van der Waals surface area contributed by atoms with E-state index < -0.39 is 0 Å². The van der Waals surface area contributed by atoms with E-state index in [1.807, 2.05) is 0 Å². The molecule has 0 aromatic rings. The van der Waals surface area contributed by atoms with Crippen molar-refractivity contribution in [2.75, 3.05) is 0 Å². The second-order valence-electron chi connectivity index (χ2n) is 4.25. The van der Waals surface area contributed by atoms with Gasteiger partial charge < -0.3 is 0 Å². The van der Waals surface area contributed by atoms with Crippen LogP contribution in [0.3, 0.4) is 0 Å². The molecule has 0 amide bonds. The summed E-state index contributed by atoms with van der Waals surface area (Å²) in [5.41, 5.74) is 0.595. The third kappa shape index (κ3) is 2.53. The molecular weight excluding hydrogens is 140 g/mol. The van der Waals surface area contributed by atoms with E-state index in [1.165, 1.54) is 32.1 Å². The summed E-state index contributed by atoms with van der Waals surface area (Å²) >= 11 is 4.51. The average Bonchev–Trinajstić information content (AvgIpc) is 1.94. The summed E-state index contributed by atoms with van der Waals surface area (Å²) in [7, 11) is 0. The predicted octanol–water partition coefficient (Wildman–Crippen LogP) is 3.28. The average molecular weight is 158 g/mol. The van der Waals surface area contributed by atoms with Gasteiger partial charge in [0, 0.05) is 5.25 Å². The highest BCUT2D eigenvalue weighted by Crippen LogP contribution is 2.35. The zero-order chi connectivity index (χ0) is 7.61. The van der Waals surface area contributed by atoms with Crippen LogP contribution >= 0.6 is 12.6 Å². The summed E-state index contributed by atoms with van der Waals surface area (Å²) in [6.45, 7) is 4.75. The second-order valence-corrected chi connectivity index (χ2v) is 4.98. The van der Waals surface area contributed by atoms with Crippen molar-refractivity contribution in [3.05, 3.63) is 0 Å². The van der Waals surface area contributed by atoms with Crippen molar-refractivity contribution in [2.45, 2.75) is 51.2 Å². The normalized spacial score (nSPS) is 33.3. The lowest BCUT2D eigenvalue weighted by Crippen LogP contribution is -2.08. The minimum Gasteiger partial charge on any atom is -0.176 e. The SMILES string of the molecule is CC1(C)CCC[C@H](S)CC1. The van der Waals surface area contributed by atoms with Gasteiger partial charge in [0.15, 0.2) is 0 Å². The standard InChI is InChI=1S/C9H18S/c1-9(2)6-3-4-8(10)5-7-9/h8,10H,3-7H2,1-2H3/t8-/m0/s1. The third-order valence-electron chi connectivity index (χ3n) is 2.55. The van der Waals surface area contributed by atoms with Crippen LogP contribution in [-0.2, 0) is 0 Å². The first-order valence-corrected chi connectivity index (χ1v) is 4.80. The molecule has 0 unspecified atom stereocenters. The van der Waals surface area contributed by atoms with Gasteiger partial charge in [-0.15, -0.1) is 0 Å². The molecule has 0 aromatic heterocycles. The lowest BCUT2D eigenvalue weighted by Gasteiger charge is -2.21. The molecule has 10 heavy (non-hydrogen) atoms. The second kappa shape index (κ2) is 3.17. The monoisotopic (exact) mass is 158 g/mol. The number of thiol groups is 1. The molecule has 0 N–H and O–H groups in total. The van der Waals surface area contributed by atoms with Crippen molar-refractivity contribution in [3.8, 4) is 0 Å². The summed E-state index contributed by atoms with van der Waals surface area (Å²) in [6.07, 6.45) is 6.77. The van der Waals surface area contributed by atoms with Crippen molar-refractivity contribution >= 4 is 12.6 Å². The Morgan fingerprint density at radius 2 is 1.90 bits per heavy atom. The minimum atomic E-state index is 0.595. The highest BCUT2D eigenvalue weighted by Gasteiger charge is 2.22. The van der Waals surface area contributed by atoms with Crippen molar-refractivity contribution < 1.29 is 0 Å². The molecule has 60 valence electrons. The van der Waals surface area contributed by atoms with Gasteiger partial charge in [-0.3, -0.25) is 0 Å². The lowest BCUT2D eigenvalue weighted by molar-refractivity contribution is 0.315. The lowest BCUT2D eigenvalue weighted by atomic mass is 9.85. The number of hydrogen-bond acceptors (Lipinski definition) is 1. The quantitative estimate of drug-likeness (QED) is 0.406. The molecule has 1 atom stereocenters. The van der Waals surface area contributed by atoms with Crippen LogP contribution in [0, 0.1) is 5.41 Å². The van der Waals surface area contributed by atoms with Gasteiger partial charge in [-0.2, -0.15) is 12.6 Å². The van der Waals surface area contributed by atoms with Crippen molar-refractivity contribution in [1.82, 2.24) is 0 Å². The van der Waals surface area contributed by atoms with Crippen LogP contribution in [-0.4, -0.2) is 5.25 Å². The summed E-state index contributed by atoms with van der Waals surface area (Å²) in [4.78, 5) is 0. The number of rotatable bonds is 0. The Hall–Kier alpha value is 0.350.